The fourth-order valence-electron chi connectivity index (χ4n) is 10.2. The van der Waals surface area contributed by atoms with Crippen molar-refractivity contribution in [1.82, 2.24) is 40.2 Å². The highest BCUT2D eigenvalue weighted by Gasteiger charge is 2.40. The van der Waals surface area contributed by atoms with E-state index in [1.807, 2.05) is 52.3 Å². The van der Waals surface area contributed by atoms with Gasteiger partial charge in [-0.2, -0.15) is 0 Å². The SMILES string of the molecule is O=C(/C=C/c1cccnc1)NCCCCC1CCN(C(=O)c2ccc(N3CCC(N4CCN(C(=O)CCCCCSc5cccc6c5CN(C5CCC(=O)NC5=O)C6=O)CC4)CC3)nc2)CC1. The van der Waals surface area contributed by atoms with Gasteiger partial charge in [-0.3, -0.25) is 44.0 Å². The number of aromatic nitrogens is 2. The average molecular weight is 932 g/mol. The van der Waals surface area contributed by atoms with Crippen molar-refractivity contribution < 1.29 is 28.8 Å². The van der Waals surface area contributed by atoms with Gasteiger partial charge in [-0.25, -0.2) is 4.98 Å². The number of unbranched alkanes of at least 4 members (excludes halogenated alkanes) is 3. The number of carbonyl (C=O) groups excluding carboxylic acids is 6. The standard InChI is InChI=1S/C51H65N9O6S/c61-46(17-13-38-9-7-23-52-34-38)53-24-4-3-8-37-19-25-59(26-20-37)50(65)39-14-16-45(54-35-39)57-27-21-40(22-28-57)56-29-31-58(32-30-56)48(63)12-2-1-5-33-67-44-11-6-10-41-42(44)36-60(51(41)66)43-15-18-47(62)55-49(43)64/h6-7,9-11,13-14,16-17,23,34-35,37,40,43H,1-5,8,12,15,18-22,24-33,36H2,(H,53,61)(H,55,62,64)/b17-13+. The van der Waals surface area contributed by atoms with Crippen molar-refractivity contribution >= 4 is 59.1 Å². The van der Waals surface area contributed by atoms with Crippen LogP contribution in [0.2, 0.25) is 0 Å². The number of amides is 6. The molecule has 4 saturated heterocycles. The third-order valence-corrected chi connectivity index (χ3v) is 15.3. The lowest BCUT2D eigenvalue weighted by Crippen LogP contribution is -2.54. The molecule has 356 valence electrons. The second kappa shape index (κ2) is 23.4. The molecule has 0 aliphatic carbocycles. The third-order valence-electron chi connectivity index (χ3n) is 14.1. The molecular formula is C51H65N9O6S. The molecule has 0 radical (unpaired) electrons. The first-order valence-electron chi connectivity index (χ1n) is 24.5. The molecule has 3 aromatic rings. The van der Waals surface area contributed by atoms with Crippen LogP contribution in [0.4, 0.5) is 5.82 Å². The first kappa shape index (κ1) is 47.9. The van der Waals surface area contributed by atoms with Gasteiger partial charge in [-0.1, -0.05) is 31.4 Å². The number of anilines is 1. The second-order valence-corrected chi connectivity index (χ2v) is 19.7. The first-order chi connectivity index (χ1) is 32.7. The van der Waals surface area contributed by atoms with Gasteiger partial charge in [0, 0.05) is 119 Å². The summed E-state index contributed by atoms with van der Waals surface area (Å²) in [5, 5.41) is 5.33. The lowest BCUT2D eigenvalue weighted by molar-refractivity contribution is -0.137. The summed E-state index contributed by atoms with van der Waals surface area (Å²) in [5.41, 5.74) is 3.14. The Balaban J connectivity index is 0.661. The normalized spacial score (nSPS) is 19.8. The number of piperazine rings is 1. The summed E-state index contributed by atoms with van der Waals surface area (Å²) in [4.78, 5) is 96.2. The van der Waals surface area contributed by atoms with Crippen molar-refractivity contribution in [3.63, 3.8) is 0 Å². The molecule has 2 N–H and O–H groups in total. The number of nitrogens with one attached hydrogen (secondary N) is 2. The zero-order valence-electron chi connectivity index (χ0n) is 38.6. The molecule has 6 amide bonds. The molecule has 5 aliphatic rings. The van der Waals surface area contributed by atoms with E-state index >= 15 is 0 Å². The number of hydrogen-bond donors (Lipinski definition) is 2. The van der Waals surface area contributed by atoms with Crippen LogP contribution in [-0.4, -0.2) is 142 Å². The van der Waals surface area contributed by atoms with Crippen LogP contribution >= 0.6 is 11.8 Å². The van der Waals surface area contributed by atoms with Crippen molar-refractivity contribution in [3.8, 4) is 0 Å². The fourth-order valence-corrected chi connectivity index (χ4v) is 11.3. The van der Waals surface area contributed by atoms with E-state index in [-0.39, 0.29) is 36.0 Å². The van der Waals surface area contributed by atoms with Gasteiger partial charge in [-0.15, -0.1) is 11.8 Å². The molecule has 1 aromatic carbocycles. The molecular weight excluding hydrogens is 867 g/mol. The fraction of sp³-hybridized carbons (Fsp3) is 0.529. The maximum absolute atomic E-state index is 13.4. The molecule has 16 heteroatoms. The second-order valence-electron chi connectivity index (χ2n) is 18.5. The Labute approximate surface area is 398 Å². The maximum Gasteiger partial charge on any atom is 0.255 e. The van der Waals surface area contributed by atoms with Crippen molar-refractivity contribution in [2.24, 2.45) is 5.92 Å². The summed E-state index contributed by atoms with van der Waals surface area (Å²) in [5.74, 6) is 1.78. The molecule has 0 saturated carbocycles. The molecule has 4 fully saturated rings. The van der Waals surface area contributed by atoms with Crippen LogP contribution in [-0.2, 0) is 25.7 Å². The van der Waals surface area contributed by atoms with Gasteiger partial charge < -0.3 is 24.9 Å². The van der Waals surface area contributed by atoms with Crippen molar-refractivity contribution in [2.75, 3.05) is 69.6 Å². The number of piperidine rings is 3. The Morgan fingerprint density at radius 1 is 0.806 bits per heavy atom. The van der Waals surface area contributed by atoms with E-state index in [1.54, 1.807) is 47.4 Å². The number of nitrogens with zero attached hydrogens (tertiary/aromatic N) is 7. The zero-order valence-corrected chi connectivity index (χ0v) is 39.4. The number of pyridine rings is 2. The van der Waals surface area contributed by atoms with E-state index in [2.05, 4.69) is 25.4 Å². The van der Waals surface area contributed by atoms with Gasteiger partial charge in [0.1, 0.15) is 11.9 Å². The number of likely N-dealkylation sites (tertiary alicyclic amines) is 1. The van der Waals surface area contributed by atoms with Crippen LogP contribution in [0.15, 0.2) is 72.0 Å². The highest BCUT2D eigenvalue weighted by Crippen LogP contribution is 2.35. The highest BCUT2D eigenvalue weighted by molar-refractivity contribution is 7.99. The molecule has 67 heavy (non-hydrogen) atoms. The van der Waals surface area contributed by atoms with Crippen LogP contribution < -0.4 is 15.5 Å². The van der Waals surface area contributed by atoms with E-state index in [9.17, 15) is 28.8 Å². The lowest BCUT2D eigenvalue weighted by atomic mass is 9.91. The van der Waals surface area contributed by atoms with E-state index in [4.69, 9.17) is 4.98 Å². The summed E-state index contributed by atoms with van der Waals surface area (Å²) >= 11 is 1.72. The molecule has 7 heterocycles. The van der Waals surface area contributed by atoms with Crippen LogP contribution in [0.1, 0.15) is 115 Å². The monoisotopic (exact) mass is 931 g/mol. The Bertz CT molecular complexity index is 2240. The Kier molecular flexibility index (Phi) is 16.7. The van der Waals surface area contributed by atoms with E-state index in [0.29, 0.717) is 49.0 Å². The minimum Gasteiger partial charge on any atom is -0.357 e. The summed E-state index contributed by atoms with van der Waals surface area (Å²) in [7, 11) is 0. The van der Waals surface area contributed by atoms with Crippen molar-refractivity contribution in [1.29, 1.82) is 0 Å². The van der Waals surface area contributed by atoms with Crippen LogP contribution in [0.3, 0.4) is 0 Å². The Morgan fingerprint density at radius 3 is 2.37 bits per heavy atom. The molecule has 1 unspecified atom stereocenters. The van der Waals surface area contributed by atoms with Gasteiger partial charge in [0.05, 0.1) is 5.56 Å². The minimum atomic E-state index is -0.616. The lowest BCUT2D eigenvalue weighted by Gasteiger charge is -2.43. The molecule has 2 aromatic heterocycles. The molecule has 15 nitrogen and oxygen atoms in total. The Morgan fingerprint density at radius 2 is 1.63 bits per heavy atom. The number of thioether (sulfide) groups is 1. The van der Waals surface area contributed by atoms with Crippen LogP contribution in [0, 0.1) is 5.92 Å². The first-order valence-corrected chi connectivity index (χ1v) is 25.5. The largest absolute Gasteiger partial charge is 0.357 e. The predicted octanol–water partition coefficient (Wildman–Crippen LogP) is 5.56. The van der Waals surface area contributed by atoms with Gasteiger partial charge in [-0.05, 0) is 111 Å². The topological polar surface area (TPSA) is 168 Å². The maximum atomic E-state index is 13.4. The summed E-state index contributed by atoms with van der Waals surface area (Å²) < 4.78 is 0. The molecule has 1 atom stereocenters. The minimum absolute atomic E-state index is 0.0563. The number of imide groups is 1. The van der Waals surface area contributed by atoms with Crippen LogP contribution in [0.25, 0.3) is 6.08 Å². The average Bonchev–Trinajstić information content (AvgIpc) is 3.70. The number of benzene rings is 1. The molecule has 5 aliphatic heterocycles. The van der Waals surface area contributed by atoms with E-state index < -0.39 is 11.9 Å². The number of rotatable bonds is 18. The number of fused-ring (bicyclic) bond motifs is 1. The van der Waals surface area contributed by atoms with Gasteiger partial charge in [0.25, 0.3) is 11.8 Å². The molecule has 0 spiro atoms. The van der Waals surface area contributed by atoms with Gasteiger partial charge in [0.2, 0.25) is 23.6 Å². The van der Waals surface area contributed by atoms with Gasteiger partial charge in [0.15, 0.2) is 0 Å². The molecule has 8 rings (SSSR count). The number of hydrogen-bond acceptors (Lipinski definition) is 11. The summed E-state index contributed by atoms with van der Waals surface area (Å²) in [6, 6.07) is 13.3. The van der Waals surface area contributed by atoms with Crippen molar-refractivity contribution in [3.05, 3.63) is 89.4 Å². The zero-order chi connectivity index (χ0) is 46.5. The van der Waals surface area contributed by atoms with E-state index in [0.717, 1.165) is 144 Å². The van der Waals surface area contributed by atoms with Crippen LogP contribution in [0.5, 0.6) is 0 Å². The highest BCUT2D eigenvalue weighted by atomic mass is 32.2. The summed E-state index contributed by atoms with van der Waals surface area (Å²) in [6.45, 7) is 7.73. The van der Waals surface area contributed by atoms with E-state index in [1.165, 1.54) is 0 Å². The quantitative estimate of drug-likeness (QED) is 0.0710. The number of carbonyl (C=O) groups is 6. The predicted molar refractivity (Wildman–Crippen MR) is 258 cm³/mol. The van der Waals surface area contributed by atoms with Crippen molar-refractivity contribution in [2.45, 2.75) is 107 Å². The van der Waals surface area contributed by atoms with Gasteiger partial charge >= 0.3 is 0 Å². The smallest absolute Gasteiger partial charge is 0.255 e. The molecule has 0 bridgehead atoms. The Hall–Kier alpha value is -5.61. The third kappa shape index (κ3) is 12.7. The summed E-state index contributed by atoms with van der Waals surface area (Å²) in [6.07, 6.45) is 19.6.